The van der Waals surface area contributed by atoms with Gasteiger partial charge in [0.05, 0.1) is 0 Å². The molecule has 1 fully saturated rings. The average molecular weight is 246 g/mol. The fraction of sp³-hybridized carbons (Fsp3) is 0.625. The van der Waals surface area contributed by atoms with Crippen molar-refractivity contribution < 1.29 is 0 Å². The van der Waals surface area contributed by atoms with E-state index in [4.69, 9.17) is 0 Å². The van der Waals surface area contributed by atoms with Crippen molar-refractivity contribution >= 4 is 5.69 Å². The highest BCUT2D eigenvalue weighted by atomic mass is 15.1. The van der Waals surface area contributed by atoms with Crippen LogP contribution in [0.15, 0.2) is 18.2 Å². The van der Waals surface area contributed by atoms with Gasteiger partial charge in [0.15, 0.2) is 0 Å². The number of benzene rings is 1. The maximum atomic E-state index is 3.29. The van der Waals surface area contributed by atoms with Gasteiger partial charge >= 0.3 is 0 Å². The first kappa shape index (κ1) is 13.4. The maximum absolute atomic E-state index is 3.29. The topological polar surface area (TPSA) is 15.3 Å². The standard InChI is InChI=1S/C16H26N2/c1-4-9-18(12-14-6-7-14)16-8-5-13(2)10-15(16)11-17-3/h5,8,10,14,17H,4,6-7,9,11-12H2,1-3H3. The molecule has 2 heteroatoms. The van der Waals surface area contributed by atoms with Gasteiger partial charge in [0, 0.05) is 25.3 Å². The maximum Gasteiger partial charge on any atom is 0.0412 e. The molecule has 0 bridgehead atoms. The molecule has 1 aromatic rings. The fourth-order valence-electron chi connectivity index (χ4n) is 2.55. The lowest BCUT2D eigenvalue weighted by Crippen LogP contribution is -2.28. The lowest BCUT2D eigenvalue weighted by atomic mass is 10.1. The quantitative estimate of drug-likeness (QED) is 0.794. The summed E-state index contributed by atoms with van der Waals surface area (Å²) in [6.07, 6.45) is 4.07. The van der Waals surface area contributed by atoms with Gasteiger partial charge in [0.2, 0.25) is 0 Å². The molecule has 1 aliphatic rings. The molecule has 0 unspecified atom stereocenters. The lowest BCUT2D eigenvalue weighted by Gasteiger charge is -2.27. The zero-order valence-corrected chi connectivity index (χ0v) is 12.0. The van der Waals surface area contributed by atoms with Crippen LogP contribution < -0.4 is 10.2 Å². The number of hydrogen-bond acceptors (Lipinski definition) is 2. The smallest absolute Gasteiger partial charge is 0.0412 e. The third-order valence-electron chi connectivity index (χ3n) is 3.61. The Hall–Kier alpha value is -1.02. The van der Waals surface area contributed by atoms with Gasteiger partial charge < -0.3 is 10.2 Å². The molecule has 0 aromatic heterocycles. The van der Waals surface area contributed by atoms with E-state index in [9.17, 15) is 0 Å². The van der Waals surface area contributed by atoms with Crippen molar-refractivity contribution in [3.8, 4) is 0 Å². The first-order valence-electron chi connectivity index (χ1n) is 7.23. The second kappa shape index (κ2) is 6.24. The van der Waals surface area contributed by atoms with Crippen molar-refractivity contribution in [2.24, 2.45) is 5.92 Å². The van der Waals surface area contributed by atoms with Crippen LogP contribution in [0.4, 0.5) is 5.69 Å². The van der Waals surface area contributed by atoms with Crippen molar-refractivity contribution in [3.05, 3.63) is 29.3 Å². The third-order valence-corrected chi connectivity index (χ3v) is 3.61. The van der Waals surface area contributed by atoms with Gasteiger partial charge in [0.1, 0.15) is 0 Å². The van der Waals surface area contributed by atoms with Gasteiger partial charge in [-0.1, -0.05) is 24.6 Å². The molecule has 0 saturated heterocycles. The van der Waals surface area contributed by atoms with Gasteiger partial charge in [-0.25, -0.2) is 0 Å². The van der Waals surface area contributed by atoms with Crippen LogP contribution >= 0.6 is 0 Å². The molecule has 0 aliphatic heterocycles. The summed E-state index contributed by atoms with van der Waals surface area (Å²) in [7, 11) is 2.02. The Balaban J connectivity index is 2.20. The highest BCUT2D eigenvalue weighted by Crippen LogP contribution is 2.32. The first-order chi connectivity index (χ1) is 8.74. The number of rotatable bonds is 7. The summed E-state index contributed by atoms with van der Waals surface area (Å²) < 4.78 is 0. The predicted molar refractivity (Wildman–Crippen MR) is 79.2 cm³/mol. The Bertz CT molecular complexity index is 383. The van der Waals surface area contributed by atoms with Crippen molar-refractivity contribution in [1.29, 1.82) is 0 Å². The van der Waals surface area contributed by atoms with Crippen molar-refractivity contribution in [3.63, 3.8) is 0 Å². The highest BCUT2D eigenvalue weighted by molar-refractivity contribution is 5.55. The van der Waals surface area contributed by atoms with Crippen molar-refractivity contribution in [1.82, 2.24) is 5.32 Å². The van der Waals surface area contributed by atoms with E-state index in [0.717, 1.165) is 12.5 Å². The van der Waals surface area contributed by atoms with Crippen LogP contribution in [-0.2, 0) is 6.54 Å². The average Bonchev–Trinajstić information content (AvgIpc) is 3.13. The molecule has 1 aromatic carbocycles. The third kappa shape index (κ3) is 3.49. The number of anilines is 1. The molecule has 0 amide bonds. The van der Waals surface area contributed by atoms with Gasteiger partial charge in [-0.15, -0.1) is 0 Å². The monoisotopic (exact) mass is 246 g/mol. The minimum Gasteiger partial charge on any atom is -0.371 e. The number of nitrogens with zero attached hydrogens (tertiary/aromatic N) is 1. The highest BCUT2D eigenvalue weighted by Gasteiger charge is 2.24. The van der Waals surface area contributed by atoms with Gasteiger partial charge in [0.25, 0.3) is 0 Å². The molecule has 0 heterocycles. The summed E-state index contributed by atoms with van der Waals surface area (Å²) in [6, 6.07) is 6.87. The van der Waals surface area contributed by atoms with Crippen molar-refractivity contribution in [2.75, 3.05) is 25.0 Å². The molecule has 2 nitrogen and oxygen atoms in total. The number of aryl methyl sites for hydroxylation is 1. The molecule has 0 spiro atoms. The summed E-state index contributed by atoms with van der Waals surface area (Å²) >= 11 is 0. The molecule has 1 aliphatic carbocycles. The van der Waals surface area contributed by atoms with Crippen LogP contribution in [0.1, 0.15) is 37.3 Å². The minimum absolute atomic E-state index is 0.945. The van der Waals surface area contributed by atoms with Crippen molar-refractivity contribution in [2.45, 2.75) is 39.7 Å². The molecule has 0 atom stereocenters. The Morgan fingerprint density at radius 2 is 2.11 bits per heavy atom. The SMILES string of the molecule is CCCN(CC1CC1)c1ccc(C)cc1CNC. The fourth-order valence-corrected chi connectivity index (χ4v) is 2.55. The predicted octanol–water partition coefficient (Wildman–Crippen LogP) is 3.34. The van der Waals surface area contributed by atoms with Crippen LogP contribution in [0.5, 0.6) is 0 Å². The van der Waals surface area contributed by atoms with E-state index in [1.165, 1.54) is 49.2 Å². The minimum atomic E-state index is 0.945. The second-order valence-corrected chi connectivity index (χ2v) is 5.55. The lowest BCUT2D eigenvalue weighted by molar-refractivity contribution is 0.699. The number of nitrogens with one attached hydrogen (secondary N) is 1. The van der Waals surface area contributed by atoms with E-state index in [0.29, 0.717) is 0 Å². The van der Waals surface area contributed by atoms with Crippen LogP contribution in [-0.4, -0.2) is 20.1 Å². The summed E-state index contributed by atoms with van der Waals surface area (Å²) in [5.41, 5.74) is 4.22. The summed E-state index contributed by atoms with van der Waals surface area (Å²) in [5.74, 6) is 0.945. The molecule has 0 radical (unpaired) electrons. The van der Waals surface area contributed by atoms with Crippen LogP contribution in [0, 0.1) is 12.8 Å². The Morgan fingerprint density at radius 3 is 2.72 bits per heavy atom. The molecular weight excluding hydrogens is 220 g/mol. The van der Waals surface area contributed by atoms with Crippen LogP contribution in [0.25, 0.3) is 0 Å². The Morgan fingerprint density at radius 1 is 1.33 bits per heavy atom. The van der Waals surface area contributed by atoms with Crippen LogP contribution in [0.3, 0.4) is 0 Å². The molecule has 100 valence electrons. The van der Waals surface area contributed by atoms with E-state index in [-0.39, 0.29) is 0 Å². The molecule has 2 rings (SSSR count). The van der Waals surface area contributed by atoms with Gasteiger partial charge in [-0.2, -0.15) is 0 Å². The van der Waals surface area contributed by atoms with E-state index in [1.807, 2.05) is 7.05 Å². The van der Waals surface area contributed by atoms with Gasteiger partial charge in [-0.05, 0) is 50.8 Å². The Kier molecular flexibility index (Phi) is 4.65. The molecule has 18 heavy (non-hydrogen) atoms. The first-order valence-corrected chi connectivity index (χ1v) is 7.23. The van der Waals surface area contributed by atoms with E-state index >= 15 is 0 Å². The molecule has 1 saturated carbocycles. The number of hydrogen-bond donors (Lipinski definition) is 1. The van der Waals surface area contributed by atoms with E-state index in [2.05, 4.69) is 42.3 Å². The summed E-state index contributed by atoms with van der Waals surface area (Å²) in [6.45, 7) is 7.83. The zero-order valence-electron chi connectivity index (χ0n) is 12.0. The summed E-state index contributed by atoms with van der Waals surface area (Å²) in [5, 5.41) is 3.29. The molecule has 1 N–H and O–H groups in total. The van der Waals surface area contributed by atoms with Crippen LogP contribution in [0.2, 0.25) is 0 Å². The van der Waals surface area contributed by atoms with E-state index < -0.39 is 0 Å². The summed E-state index contributed by atoms with van der Waals surface area (Å²) in [4.78, 5) is 2.59. The second-order valence-electron chi connectivity index (χ2n) is 5.55. The normalized spacial score (nSPS) is 14.8. The zero-order chi connectivity index (χ0) is 13.0. The molecular formula is C16H26N2. The largest absolute Gasteiger partial charge is 0.371 e. The van der Waals surface area contributed by atoms with E-state index in [1.54, 1.807) is 0 Å². The van der Waals surface area contributed by atoms with Gasteiger partial charge in [-0.3, -0.25) is 0 Å². The Labute approximate surface area is 111 Å².